The number of nitrogens with one attached hydrogen (secondary N) is 1. The average molecular weight is 492 g/mol. The number of piperazine rings is 1. The zero-order chi connectivity index (χ0) is 23.0. The lowest BCUT2D eigenvalue weighted by atomic mass is 10.1. The van der Waals surface area contributed by atoms with Crippen molar-refractivity contribution >= 4 is 39.5 Å². The van der Waals surface area contributed by atoms with E-state index >= 15 is 0 Å². The molecule has 32 heavy (non-hydrogen) atoms. The molecule has 1 aromatic carbocycles. The Balaban J connectivity index is 1.45. The van der Waals surface area contributed by atoms with Crippen molar-refractivity contribution < 1.29 is 13.2 Å². The van der Waals surface area contributed by atoms with E-state index in [0.29, 0.717) is 28.6 Å². The Bertz CT molecular complexity index is 1300. The molecule has 1 fully saturated rings. The number of thiophene rings is 1. The molecule has 0 aliphatic carbocycles. The van der Waals surface area contributed by atoms with E-state index in [1.54, 1.807) is 15.5 Å². The minimum atomic E-state index is -3.56. The number of H-pyrrole nitrogens is 1. The highest BCUT2D eigenvalue weighted by Crippen LogP contribution is 2.28. The summed E-state index contributed by atoms with van der Waals surface area (Å²) >= 11 is 6.82. The van der Waals surface area contributed by atoms with E-state index in [0.717, 1.165) is 20.9 Å². The fourth-order valence-electron chi connectivity index (χ4n) is 3.80. The van der Waals surface area contributed by atoms with Gasteiger partial charge in [-0.2, -0.15) is 9.40 Å². The summed E-state index contributed by atoms with van der Waals surface area (Å²) in [4.78, 5) is 16.8. The van der Waals surface area contributed by atoms with Gasteiger partial charge in [-0.1, -0.05) is 29.8 Å². The first kappa shape index (κ1) is 22.8. The number of hydrogen-bond donors (Lipinski definition) is 1. The molecule has 3 heterocycles. The van der Waals surface area contributed by atoms with Crippen molar-refractivity contribution in [1.82, 2.24) is 24.0 Å². The number of carbonyl (C=O) groups is 1. The molecule has 2 aromatic heterocycles. The Kier molecular flexibility index (Phi) is 6.35. The van der Waals surface area contributed by atoms with Crippen LogP contribution in [0.5, 0.6) is 0 Å². The van der Waals surface area contributed by atoms with Crippen LogP contribution in [0.15, 0.2) is 35.2 Å². The Labute approximate surface area is 196 Å². The molecule has 0 spiro atoms. The van der Waals surface area contributed by atoms with Crippen molar-refractivity contribution in [2.45, 2.75) is 32.2 Å². The van der Waals surface area contributed by atoms with Crippen LogP contribution >= 0.6 is 23.6 Å². The molecule has 3 aromatic rings. The van der Waals surface area contributed by atoms with Gasteiger partial charge in [-0.15, -0.1) is 11.3 Å². The molecule has 0 atom stereocenters. The van der Waals surface area contributed by atoms with Crippen LogP contribution in [0.3, 0.4) is 0 Å². The highest BCUT2D eigenvalue weighted by molar-refractivity contribution is 7.89. The van der Waals surface area contributed by atoms with Crippen molar-refractivity contribution in [2.75, 3.05) is 26.2 Å². The summed E-state index contributed by atoms with van der Waals surface area (Å²) in [6.07, 6.45) is 0. The smallest absolute Gasteiger partial charge is 0.244 e. The molecule has 1 aliphatic heterocycles. The molecule has 0 saturated carbocycles. The number of sulfonamides is 1. The Morgan fingerprint density at radius 3 is 2.38 bits per heavy atom. The van der Waals surface area contributed by atoms with Crippen LogP contribution in [0, 0.1) is 25.5 Å². The van der Waals surface area contributed by atoms with Crippen molar-refractivity contribution in [3.63, 3.8) is 0 Å². The van der Waals surface area contributed by atoms with E-state index in [9.17, 15) is 13.2 Å². The predicted octanol–water partition coefficient (Wildman–Crippen LogP) is 3.13. The van der Waals surface area contributed by atoms with Gasteiger partial charge < -0.3 is 4.90 Å². The number of nitrogens with zero attached hydrogens (tertiary/aromatic N) is 4. The van der Waals surface area contributed by atoms with E-state index < -0.39 is 10.0 Å². The summed E-state index contributed by atoms with van der Waals surface area (Å²) in [7, 11) is -3.56. The quantitative estimate of drug-likeness (QED) is 0.554. The average Bonchev–Trinajstić information content (AvgIpc) is 3.30. The number of aryl methyl sites for hydroxylation is 3. The fourth-order valence-corrected chi connectivity index (χ4v) is 6.95. The summed E-state index contributed by atoms with van der Waals surface area (Å²) in [5.74, 6) is 0.489. The molecule has 8 nitrogen and oxygen atoms in total. The van der Waals surface area contributed by atoms with Crippen molar-refractivity contribution in [1.29, 1.82) is 0 Å². The van der Waals surface area contributed by atoms with Gasteiger partial charge in [0.2, 0.25) is 15.9 Å². The number of amides is 1. The fraction of sp³-hybridized carbons (Fsp3) is 0.381. The third kappa shape index (κ3) is 4.42. The number of rotatable bonds is 5. The van der Waals surface area contributed by atoms with Gasteiger partial charge >= 0.3 is 0 Å². The van der Waals surface area contributed by atoms with Crippen LogP contribution in [0.4, 0.5) is 0 Å². The molecule has 1 N–H and O–H groups in total. The molecule has 0 radical (unpaired) electrons. The van der Waals surface area contributed by atoms with Gasteiger partial charge in [0.05, 0.1) is 4.90 Å². The van der Waals surface area contributed by atoms with Crippen LogP contribution < -0.4 is 0 Å². The predicted molar refractivity (Wildman–Crippen MR) is 127 cm³/mol. The van der Waals surface area contributed by atoms with Gasteiger partial charge in [0.25, 0.3) is 0 Å². The molecular weight excluding hydrogens is 466 g/mol. The maximum atomic E-state index is 13.0. The Morgan fingerprint density at radius 2 is 1.78 bits per heavy atom. The summed E-state index contributed by atoms with van der Waals surface area (Å²) in [5, 5.41) is 7.06. The lowest BCUT2D eigenvalue weighted by molar-refractivity contribution is -0.133. The van der Waals surface area contributed by atoms with Gasteiger partial charge in [-0.25, -0.2) is 8.42 Å². The monoisotopic (exact) mass is 491 g/mol. The minimum Gasteiger partial charge on any atom is -0.338 e. The van der Waals surface area contributed by atoms with Crippen LogP contribution in [-0.2, 0) is 21.4 Å². The third-order valence-electron chi connectivity index (χ3n) is 5.57. The summed E-state index contributed by atoms with van der Waals surface area (Å²) < 4.78 is 29.6. The summed E-state index contributed by atoms with van der Waals surface area (Å²) in [6, 6.07) is 9.57. The molecule has 170 valence electrons. The van der Waals surface area contributed by atoms with Crippen molar-refractivity contribution in [3.05, 3.63) is 50.4 Å². The first-order valence-electron chi connectivity index (χ1n) is 10.2. The van der Waals surface area contributed by atoms with Crippen LogP contribution in [-0.4, -0.2) is 64.5 Å². The molecule has 1 aliphatic rings. The molecule has 0 unspecified atom stereocenters. The highest BCUT2D eigenvalue weighted by atomic mass is 32.2. The Hall–Kier alpha value is -2.34. The zero-order valence-electron chi connectivity index (χ0n) is 18.2. The Morgan fingerprint density at radius 1 is 1.12 bits per heavy atom. The third-order valence-corrected chi connectivity index (χ3v) is 9.00. The largest absolute Gasteiger partial charge is 0.338 e. The second-order valence-corrected chi connectivity index (χ2v) is 11.6. The second kappa shape index (κ2) is 8.89. The van der Waals surface area contributed by atoms with E-state index in [-0.39, 0.29) is 25.5 Å². The molecule has 11 heteroatoms. The number of aromatic amines is 1. The van der Waals surface area contributed by atoms with Gasteiger partial charge in [-0.3, -0.25) is 14.5 Å². The van der Waals surface area contributed by atoms with Crippen molar-refractivity contribution in [2.24, 2.45) is 0 Å². The SMILES string of the molecule is Cc1ccc(-c2n[nH]c(=S)n2CC(=O)N2CCN(S(=O)(=O)c3cc(C)sc3C)CC2)cc1. The maximum absolute atomic E-state index is 13.0. The molecule has 1 amide bonds. The van der Waals surface area contributed by atoms with Crippen LogP contribution in [0.1, 0.15) is 15.3 Å². The van der Waals surface area contributed by atoms with E-state index in [1.165, 1.54) is 15.6 Å². The lowest BCUT2D eigenvalue weighted by Gasteiger charge is -2.34. The summed E-state index contributed by atoms with van der Waals surface area (Å²) in [5.41, 5.74) is 2.00. The van der Waals surface area contributed by atoms with E-state index in [2.05, 4.69) is 10.2 Å². The van der Waals surface area contributed by atoms with Gasteiger partial charge in [0.1, 0.15) is 6.54 Å². The second-order valence-electron chi connectivity index (χ2n) is 7.87. The van der Waals surface area contributed by atoms with Gasteiger partial charge in [0, 0.05) is 41.5 Å². The molecular formula is C21H25N5O3S3. The van der Waals surface area contributed by atoms with Crippen LogP contribution in [0.2, 0.25) is 0 Å². The lowest BCUT2D eigenvalue weighted by Crippen LogP contribution is -2.51. The van der Waals surface area contributed by atoms with Crippen LogP contribution in [0.25, 0.3) is 11.4 Å². The van der Waals surface area contributed by atoms with Gasteiger partial charge in [0.15, 0.2) is 10.6 Å². The van der Waals surface area contributed by atoms with E-state index in [1.807, 2.05) is 45.0 Å². The van der Waals surface area contributed by atoms with Gasteiger partial charge in [-0.05, 0) is 39.1 Å². The molecule has 0 bridgehead atoms. The standard InChI is InChI=1S/C21H25N5O3S3/c1-14-4-6-17(7-5-14)20-22-23-21(30)26(20)13-19(27)24-8-10-25(11-9-24)32(28,29)18-12-15(2)31-16(18)3/h4-7,12H,8-11,13H2,1-3H3,(H,23,30). The first-order chi connectivity index (χ1) is 15.2. The molecule has 1 saturated heterocycles. The highest BCUT2D eigenvalue weighted by Gasteiger charge is 2.32. The number of hydrogen-bond acceptors (Lipinski definition) is 6. The number of aromatic nitrogens is 3. The maximum Gasteiger partial charge on any atom is 0.244 e. The normalized spacial score (nSPS) is 15.3. The topological polar surface area (TPSA) is 91.3 Å². The number of carbonyl (C=O) groups excluding carboxylic acids is 1. The van der Waals surface area contributed by atoms with E-state index in [4.69, 9.17) is 12.2 Å². The number of benzene rings is 1. The zero-order valence-corrected chi connectivity index (χ0v) is 20.6. The molecule has 4 rings (SSSR count). The summed E-state index contributed by atoms with van der Waals surface area (Å²) in [6.45, 7) is 6.99. The van der Waals surface area contributed by atoms with Crippen molar-refractivity contribution in [3.8, 4) is 11.4 Å². The first-order valence-corrected chi connectivity index (χ1v) is 12.9. The minimum absolute atomic E-state index is 0.0497.